The van der Waals surface area contributed by atoms with E-state index in [1.807, 2.05) is 19.1 Å². The lowest BCUT2D eigenvalue weighted by Gasteiger charge is -2.12. The van der Waals surface area contributed by atoms with Crippen molar-refractivity contribution in [3.63, 3.8) is 0 Å². The molecule has 3 rings (SSSR count). The fourth-order valence-corrected chi connectivity index (χ4v) is 2.59. The third-order valence-electron chi connectivity index (χ3n) is 3.99. The molecule has 1 saturated heterocycles. The maximum atomic E-state index is 12.4. The Morgan fingerprint density at radius 2 is 1.93 bits per heavy atom. The fraction of sp³-hybridized carbons (Fsp3) is 0.105. The standard InChI is InChI=1S/C19H16N4O5/c1-12-5-7-14(8-6-12)20-17(24)11-22-18(25)16(21-19(22)26)10-13-3-2-4-15(9-13)23(27)28/h2-10H,11H2,1H3,(H,20,24)(H,21,26)/b16-10+. The molecule has 1 aliphatic heterocycles. The van der Waals surface area contributed by atoms with Crippen molar-refractivity contribution in [3.8, 4) is 0 Å². The highest BCUT2D eigenvalue weighted by atomic mass is 16.6. The van der Waals surface area contributed by atoms with Gasteiger partial charge in [0.15, 0.2) is 0 Å². The van der Waals surface area contributed by atoms with Crippen molar-refractivity contribution in [2.24, 2.45) is 0 Å². The predicted molar refractivity (Wildman–Crippen MR) is 101 cm³/mol. The van der Waals surface area contributed by atoms with Gasteiger partial charge in [0.2, 0.25) is 5.91 Å². The minimum Gasteiger partial charge on any atom is -0.325 e. The molecule has 0 radical (unpaired) electrons. The number of carbonyl (C=O) groups is 3. The Morgan fingerprint density at radius 1 is 1.21 bits per heavy atom. The van der Waals surface area contributed by atoms with Crippen LogP contribution in [0.25, 0.3) is 6.08 Å². The zero-order valence-corrected chi connectivity index (χ0v) is 14.8. The van der Waals surface area contributed by atoms with Crippen molar-refractivity contribution in [1.82, 2.24) is 10.2 Å². The Bertz CT molecular complexity index is 998. The smallest absolute Gasteiger partial charge is 0.325 e. The van der Waals surface area contributed by atoms with Gasteiger partial charge in [0.1, 0.15) is 12.2 Å². The van der Waals surface area contributed by atoms with Gasteiger partial charge >= 0.3 is 6.03 Å². The number of anilines is 1. The molecule has 0 spiro atoms. The number of hydrogen-bond acceptors (Lipinski definition) is 5. The van der Waals surface area contributed by atoms with Gasteiger partial charge in [-0.15, -0.1) is 0 Å². The molecule has 1 aliphatic rings. The number of rotatable bonds is 5. The van der Waals surface area contributed by atoms with Gasteiger partial charge in [0.05, 0.1) is 4.92 Å². The SMILES string of the molecule is Cc1ccc(NC(=O)CN2C(=O)N/C(=C/c3cccc([N+](=O)[O-])c3)C2=O)cc1. The molecule has 0 atom stereocenters. The first-order chi connectivity index (χ1) is 13.3. The quantitative estimate of drug-likeness (QED) is 0.357. The van der Waals surface area contributed by atoms with Gasteiger partial charge in [0.25, 0.3) is 11.6 Å². The summed E-state index contributed by atoms with van der Waals surface area (Å²) in [6.45, 7) is 1.46. The zero-order valence-electron chi connectivity index (χ0n) is 14.8. The molecule has 1 fully saturated rings. The molecule has 9 nitrogen and oxygen atoms in total. The number of aryl methyl sites for hydroxylation is 1. The number of non-ortho nitro benzene ring substituents is 1. The molecule has 0 bridgehead atoms. The number of imide groups is 1. The highest BCUT2D eigenvalue weighted by Crippen LogP contribution is 2.18. The number of nitrogens with zero attached hydrogens (tertiary/aromatic N) is 2. The molecule has 0 unspecified atom stereocenters. The van der Waals surface area contributed by atoms with E-state index in [1.165, 1.54) is 24.3 Å². The minimum absolute atomic E-state index is 0.0615. The molecule has 0 aliphatic carbocycles. The van der Waals surface area contributed by atoms with Crippen molar-refractivity contribution in [2.45, 2.75) is 6.92 Å². The molecule has 0 aromatic heterocycles. The van der Waals surface area contributed by atoms with Gasteiger partial charge < -0.3 is 10.6 Å². The molecular formula is C19H16N4O5. The van der Waals surface area contributed by atoms with Crippen molar-refractivity contribution in [2.75, 3.05) is 11.9 Å². The second kappa shape index (κ2) is 7.70. The van der Waals surface area contributed by atoms with Crippen LogP contribution in [0.15, 0.2) is 54.2 Å². The summed E-state index contributed by atoms with van der Waals surface area (Å²) < 4.78 is 0. The number of nitro groups is 1. The number of carbonyl (C=O) groups excluding carboxylic acids is 3. The molecule has 2 aromatic rings. The van der Waals surface area contributed by atoms with Crippen molar-refractivity contribution in [3.05, 3.63) is 75.5 Å². The second-order valence-electron chi connectivity index (χ2n) is 6.15. The molecule has 2 aromatic carbocycles. The largest absolute Gasteiger partial charge is 0.329 e. The molecule has 142 valence electrons. The zero-order chi connectivity index (χ0) is 20.3. The van der Waals surface area contributed by atoms with Gasteiger partial charge in [-0.3, -0.25) is 19.7 Å². The number of urea groups is 1. The molecule has 2 N–H and O–H groups in total. The van der Waals surface area contributed by atoms with Crippen LogP contribution in [0.5, 0.6) is 0 Å². The van der Waals surface area contributed by atoms with Crippen LogP contribution in [0.1, 0.15) is 11.1 Å². The van der Waals surface area contributed by atoms with E-state index >= 15 is 0 Å². The maximum Gasteiger partial charge on any atom is 0.329 e. The Balaban J connectivity index is 1.71. The summed E-state index contributed by atoms with van der Waals surface area (Å²) in [5, 5.41) is 15.8. The summed E-state index contributed by atoms with van der Waals surface area (Å²) in [4.78, 5) is 47.7. The average molecular weight is 380 g/mol. The first-order valence-electron chi connectivity index (χ1n) is 8.29. The maximum absolute atomic E-state index is 12.4. The fourth-order valence-electron chi connectivity index (χ4n) is 2.59. The number of benzene rings is 2. The number of nitrogens with one attached hydrogen (secondary N) is 2. The first kappa shape index (κ1) is 18.8. The predicted octanol–water partition coefficient (Wildman–Crippen LogP) is 2.43. The van der Waals surface area contributed by atoms with Crippen LogP contribution in [0, 0.1) is 17.0 Å². The summed E-state index contributed by atoms with van der Waals surface area (Å²) in [6, 6.07) is 12.0. The summed E-state index contributed by atoms with van der Waals surface area (Å²) in [5.41, 5.74) is 1.76. The highest BCUT2D eigenvalue weighted by molar-refractivity contribution is 6.15. The second-order valence-corrected chi connectivity index (χ2v) is 6.15. The van der Waals surface area contributed by atoms with Gasteiger partial charge in [-0.05, 0) is 30.7 Å². The summed E-state index contributed by atoms with van der Waals surface area (Å²) in [5.74, 6) is -1.21. The van der Waals surface area contributed by atoms with E-state index in [0.717, 1.165) is 10.5 Å². The monoisotopic (exact) mass is 380 g/mol. The van der Waals surface area contributed by atoms with E-state index in [2.05, 4.69) is 10.6 Å². The molecule has 1 heterocycles. The Labute approximate surface area is 159 Å². The van der Waals surface area contributed by atoms with Crippen LogP contribution in [0.4, 0.5) is 16.2 Å². The van der Waals surface area contributed by atoms with Crippen LogP contribution in [-0.4, -0.2) is 34.2 Å². The van der Waals surface area contributed by atoms with E-state index in [4.69, 9.17) is 0 Å². The van der Waals surface area contributed by atoms with Crippen LogP contribution >= 0.6 is 0 Å². The van der Waals surface area contributed by atoms with Crippen molar-refractivity contribution >= 4 is 35.3 Å². The lowest BCUT2D eigenvalue weighted by atomic mass is 10.1. The van der Waals surface area contributed by atoms with E-state index in [0.29, 0.717) is 11.3 Å². The third kappa shape index (κ3) is 4.21. The highest BCUT2D eigenvalue weighted by Gasteiger charge is 2.34. The molecular weight excluding hydrogens is 364 g/mol. The minimum atomic E-state index is -0.735. The molecule has 4 amide bonds. The van der Waals surface area contributed by atoms with E-state index < -0.39 is 29.3 Å². The number of nitro benzene ring substituents is 1. The normalized spacial score (nSPS) is 14.9. The molecule has 9 heteroatoms. The van der Waals surface area contributed by atoms with Crippen LogP contribution < -0.4 is 10.6 Å². The van der Waals surface area contributed by atoms with Crippen LogP contribution in [0.2, 0.25) is 0 Å². The van der Waals surface area contributed by atoms with Crippen molar-refractivity contribution < 1.29 is 19.3 Å². The third-order valence-corrected chi connectivity index (χ3v) is 3.99. The number of hydrogen-bond donors (Lipinski definition) is 2. The number of amides is 4. The van der Waals surface area contributed by atoms with Crippen molar-refractivity contribution in [1.29, 1.82) is 0 Å². The topological polar surface area (TPSA) is 122 Å². The van der Waals surface area contributed by atoms with Gasteiger partial charge in [-0.25, -0.2) is 9.69 Å². The Hall–Kier alpha value is -4.01. The van der Waals surface area contributed by atoms with Gasteiger partial charge in [0, 0.05) is 17.8 Å². The molecule has 28 heavy (non-hydrogen) atoms. The average Bonchev–Trinajstić information content (AvgIpc) is 2.91. The summed E-state index contributed by atoms with van der Waals surface area (Å²) >= 11 is 0. The van der Waals surface area contributed by atoms with E-state index in [-0.39, 0.29) is 11.4 Å². The Morgan fingerprint density at radius 3 is 2.61 bits per heavy atom. The lowest BCUT2D eigenvalue weighted by molar-refractivity contribution is -0.384. The van der Waals surface area contributed by atoms with E-state index in [1.54, 1.807) is 18.2 Å². The van der Waals surface area contributed by atoms with Gasteiger partial charge in [-0.1, -0.05) is 29.8 Å². The first-order valence-corrected chi connectivity index (χ1v) is 8.29. The lowest BCUT2D eigenvalue weighted by Crippen LogP contribution is -2.38. The van der Waals surface area contributed by atoms with Crippen LogP contribution in [0.3, 0.4) is 0 Å². The summed E-state index contributed by atoms with van der Waals surface area (Å²) in [6.07, 6.45) is 1.32. The van der Waals surface area contributed by atoms with Gasteiger partial charge in [-0.2, -0.15) is 0 Å². The van der Waals surface area contributed by atoms with E-state index in [9.17, 15) is 24.5 Å². The van der Waals surface area contributed by atoms with Crippen LogP contribution in [-0.2, 0) is 9.59 Å². The Kier molecular flexibility index (Phi) is 5.16. The summed E-state index contributed by atoms with van der Waals surface area (Å²) in [7, 11) is 0. The molecule has 0 saturated carbocycles.